The van der Waals surface area contributed by atoms with E-state index in [1.165, 1.54) is 6.20 Å². The lowest BCUT2D eigenvalue weighted by Crippen LogP contribution is -2.01. The van der Waals surface area contributed by atoms with Gasteiger partial charge in [0, 0.05) is 29.2 Å². The summed E-state index contributed by atoms with van der Waals surface area (Å²) in [4.78, 5) is 14.6. The minimum Gasteiger partial charge on any atom is -0.478 e. The number of H-pyrrole nitrogens is 1. The molecule has 96 valence electrons. The van der Waals surface area contributed by atoms with E-state index in [9.17, 15) is 9.90 Å². The van der Waals surface area contributed by atoms with E-state index in [0.29, 0.717) is 5.69 Å². The van der Waals surface area contributed by atoms with E-state index in [1.807, 2.05) is 31.2 Å². The van der Waals surface area contributed by atoms with E-state index in [-0.39, 0.29) is 5.56 Å². The van der Waals surface area contributed by atoms with Gasteiger partial charge in [0.05, 0.1) is 11.9 Å². The Hall–Kier alpha value is -2.56. The molecule has 2 N–H and O–H groups in total. The highest BCUT2D eigenvalue weighted by molar-refractivity contribution is 6.03. The standard InChI is InChI=1S/C14H13N3O2/c1-8-12(9-5-3-4-6-11(9)16-8)13-10(14(18)19)7-15-17(13)2/h3-7,16H,1-2H3,(H,18,19). The van der Waals surface area contributed by atoms with Gasteiger partial charge in [-0.15, -0.1) is 0 Å². The van der Waals surface area contributed by atoms with E-state index in [2.05, 4.69) is 10.1 Å². The molecule has 19 heavy (non-hydrogen) atoms. The number of fused-ring (bicyclic) bond motifs is 1. The van der Waals surface area contributed by atoms with Gasteiger partial charge in [-0.2, -0.15) is 5.10 Å². The van der Waals surface area contributed by atoms with Gasteiger partial charge in [0.2, 0.25) is 0 Å². The molecule has 0 atom stereocenters. The number of carboxylic acids is 1. The highest BCUT2D eigenvalue weighted by Gasteiger charge is 2.21. The lowest BCUT2D eigenvalue weighted by Gasteiger charge is -2.04. The first kappa shape index (κ1) is 11.5. The summed E-state index contributed by atoms with van der Waals surface area (Å²) in [6.07, 6.45) is 1.39. The van der Waals surface area contributed by atoms with E-state index < -0.39 is 5.97 Å². The topological polar surface area (TPSA) is 70.9 Å². The van der Waals surface area contributed by atoms with Crippen LogP contribution in [0.2, 0.25) is 0 Å². The molecule has 0 saturated carbocycles. The van der Waals surface area contributed by atoms with E-state index >= 15 is 0 Å². The number of hydrogen-bond donors (Lipinski definition) is 2. The van der Waals surface area contributed by atoms with Crippen LogP contribution in [0.1, 0.15) is 16.1 Å². The van der Waals surface area contributed by atoms with Crippen molar-refractivity contribution >= 4 is 16.9 Å². The van der Waals surface area contributed by atoms with Gasteiger partial charge in [0.15, 0.2) is 0 Å². The lowest BCUT2D eigenvalue weighted by atomic mass is 10.0. The van der Waals surface area contributed by atoms with Crippen LogP contribution in [0.25, 0.3) is 22.2 Å². The molecular weight excluding hydrogens is 242 g/mol. The van der Waals surface area contributed by atoms with Crippen molar-refractivity contribution in [2.45, 2.75) is 6.92 Å². The van der Waals surface area contributed by atoms with Gasteiger partial charge in [-0.25, -0.2) is 4.79 Å². The molecule has 0 unspecified atom stereocenters. The molecule has 0 saturated heterocycles. The number of nitrogens with zero attached hydrogens (tertiary/aromatic N) is 2. The Balaban J connectivity index is 2.39. The van der Waals surface area contributed by atoms with Gasteiger partial charge >= 0.3 is 5.97 Å². The van der Waals surface area contributed by atoms with Crippen LogP contribution in [0.4, 0.5) is 0 Å². The second kappa shape index (κ2) is 3.98. The smallest absolute Gasteiger partial charge is 0.339 e. The van der Waals surface area contributed by atoms with Crippen molar-refractivity contribution in [3.05, 3.63) is 41.7 Å². The SMILES string of the molecule is Cc1[nH]c2ccccc2c1-c1c(C(=O)O)cnn1C. The average Bonchev–Trinajstić information content (AvgIpc) is 2.88. The van der Waals surface area contributed by atoms with Crippen molar-refractivity contribution in [1.82, 2.24) is 14.8 Å². The second-order valence-corrected chi connectivity index (χ2v) is 4.51. The molecule has 0 aliphatic rings. The van der Waals surface area contributed by atoms with Gasteiger partial charge in [-0.3, -0.25) is 4.68 Å². The molecule has 0 radical (unpaired) electrons. The number of para-hydroxylation sites is 1. The Labute approximate surface area is 109 Å². The van der Waals surface area contributed by atoms with Crippen molar-refractivity contribution in [1.29, 1.82) is 0 Å². The number of aromatic carboxylic acids is 1. The third-order valence-electron chi connectivity index (χ3n) is 3.30. The number of aryl methyl sites for hydroxylation is 2. The third kappa shape index (κ3) is 1.62. The number of rotatable bonds is 2. The summed E-state index contributed by atoms with van der Waals surface area (Å²) in [6.45, 7) is 1.94. The third-order valence-corrected chi connectivity index (χ3v) is 3.30. The maximum atomic E-state index is 11.3. The van der Waals surface area contributed by atoms with Gasteiger partial charge in [-0.1, -0.05) is 18.2 Å². The number of aromatic amines is 1. The first-order valence-electron chi connectivity index (χ1n) is 5.92. The van der Waals surface area contributed by atoms with E-state index in [0.717, 1.165) is 22.2 Å². The first-order chi connectivity index (χ1) is 9.09. The van der Waals surface area contributed by atoms with E-state index in [1.54, 1.807) is 11.7 Å². The quantitative estimate of drug-likeness (QED) is 0.739. The normalized spacial score (nSPS) is 11.1. The van der Waals surface area contributed by atoms with Crippen LogP contribution in [-0.2, 0) is 7.05 Å². The summed E-state index contributed by atoms with van der Waals surface area (Å²) in [5.41, 5.74) is 3.67. The summed E-state index contributed by atoms with van der Waals surface area (Å²) >= 11 is 0. The fraction of sp³-hybridized carbons (Fsp3) is 0.143. The van der Waals surface area contributed by atoms with Crippen LogP contribution >= 0.6 is 0 Å². The molecule has 1 aromatic carbocycles. The van der Waals surface area contributed by atoms with Crippen molar-refractivity contribution in [3.8, 4) is 11.3 Å². The van der Waals surface area contributed by atoms with Crippen LogP contribution in [0, 0.1) is 6.92 Å². The van der Waals surface area contributed by atoms with Crippen molar-refractivity contribution in [2.75, 3.05) is 0 Å². The monoisotopic (exact) mass is 255 g/mol. The second-order valence-electron chi connectivity index (χ2n) is 4.51. The molecule has 2 heterocycles. The molecule has 0 bridgehead atoms. The van der Waals surface area contributed by atoms with Gasteiger partial charge in [0.1, 0.15) is 5.56 Å². The zero-order valence-corrected chi connectivity index (χ0v) is 10.6. The summed E-state index contributed by atoms with van der Waals surface area (Å²) in [5.74, 6) is -0.965. The number of carboxylic acid groups (broad SMARTS) is 1. The Morgan fingerprint density at radius 2 is 2.11 bits per heavy atom. The maximum absolute atomic E-state index is 11.3. The molecule has 3 aromatic rings. The molecule has 0 fully saturated rings. The maximum Gasteiger partial charge on any atom is 0.339 e. The van der Waals surface area contributed by atoms with Crippen LogP contribution in [0.15, 0.2) is 30.5 Å². The van der Waals surface area contributed by atoms with Crippen molar-refractivity contribution in [2.24, 2.45) is 7.05 Å². The summed E-state index contributed by atoms with van der Waals surface area (Å²) < 4.78 is 1.60. The molecule has 3 rings (SSSR count). The molecular formula is C14H13N3O2. The molecule has 0 aliphatic heterocycles. The number of aromatic nitrogens is 3. The fourth-order valence-electron chi connectivity index (χ4n) is 2.47. The minimum absolute atomic E-state index is 0.218. The van der Waals surface area contributed by atoms with Gasteiger partial charge in [-0.05, 0) is 13.0 Å². The Morgan fingerprint density at radius 3 is 2.84 bits per heavy atom. The predicted molar refractivity (Wildman–Crippen MR) is 72.2 cm³/mol. The molecule has 5 nitrogen and oxygen atoms in total. The Bertz CT molecular complexity index is 783. The van der Waals surface area contributed by atoms with Gasteiger partial charge < -0.3 is 10.1 Å². The first-order valence-corrected chi connectivity index (χ1v) is 5.92. The van der Waals surface area contributed by atoms with Crippen LogP contribution in [0.5, 0.6) is 0 Å². The van der Waals surface area contributed by atoms with Crippen molar-refractivity contribution < 1.29 is 9.90 Å². The summed E-state index contributed by atoms with van der Waals surface area (Å²) in [5, 5.41) is 14.3. The van der Waals surface area contributed by atoms with Crippen LogP contribution < -0.4 is 0 Å². The summed E-state index contributed by atoms with van der Waals surface area (Å²) in [6, 6.07) is 7.84. The van der Waals surface area contributed by atoms with Crippen LogP contribution in [-0.4, -0.2) is 25.8 Å². The average molecular weight is 255 g/mol. The largest absolute Gasteiger partial charge is 0.478 e. The number of nitrogens with one attached hydrogen (secondary N) is 1. The lowest BCUT2D eigenvalue weighted by molar-refractivity contribution is 0.0697. The number of carbonyl (C=O) groups is 1. The zero-order valence-electron chi connectivity index (χ0n) is 10.6. The predicted octanol–water partition coefficient (Wildman–Crippen LogP) is 2.58. The molecule has 2 aromatic heterocycles. The van der Waals surface area contributed by atoms with Gasteiger partial charge in [0.25, 0.3) is 0 Å². The molecule has 0 spiro atoms. The van der Waals surface area contributed by atoms with E-state index in [4.69, 9.17) is 0 Å². The number of benzene rings is 1. The molecule has 0 aliphatic carbocycles. The van der Waals surface area contributed by atoms with Crippen LogP contribution in [0.3, 0.4) is 0 Å². The zero-order chi connectivity index (χ0) is 13.6. The number of hydrogen-bond acceptors (Lipinski definition) is 2. The van der Waals surface area contributed by atoms with Crippen molar-refractivity contribution in [3.63, 3.8) is 0 Å². The minimum atomic E-state index is -0.965. The Morgan fingerprint density at radius 1 is 1.37 bits per heavy atom. The Kier molecular flexibility index (Phi) is 2.41. The fourth-order valence-corrected chi connectivity index (χ4v) is 2.47. The highest BCUT2D eigenvalue weighted by Crippen LogP contribution is 2.33. The molecule has 0 amide bonds. The molecule has 5 heteroatoms. The highest BCUT2D eigenvalue weighted by atomic mass is 16.4. The summed E-state index contributed by atoms with van der Waals surface area (Å²) in [7, 11) is 1.75.